The van der Waals surface area contributed by atoms with Crippen LogP contribution in [0.1, 0.15) is 105 Å². The number of hydrogen-bond acceptors (Lipinski definition) is 2. The van der Waals surface area contributed by atoms with Crippen LogP contribution in [0.15, 0.2) is 340 Å². The van der Waals surface area contributed by atoms with Crippen molar-refractivity contribution in [3.05, 3.63) is 362 Å². The lowest BCUT2D eigenvalue weighted by molar-refractivity contribution is 0.569. The smallest absolute Gasteiger partial charge is 0.252 e. The molecule has 0 saturated heterocycles. The second-order valence-corrected chi connectivity index (χ2v) is 34.5. The summed E-state index contributed by atoms with van der Waals surface area (Å²) in [7, 11) is 0. The monoisotopic (exact) mass is 1420 g/mol. The molecule has 0 N–H and O–H groups in total. The Morgan fingerprint density at radius 2 is 0.555 bits per heavy atom. The largest absolute Gasteiger partial charge is 0.310 e. The van der Waals surface area contributed by atoms with Crippen molar-refractivity contribution in [3.8, 4) is 94.7 Å². The summed E-state index contributed by atoms with van der Waals surface area (Å²) in [5, 5.41) is 2.39. The third kappa shape index (κ3) is 12.3. The number of rotatable bonds is 11. The Labute approximate surface area is 650 Å². The highest BCUT2D eigenvalue weighted by Gasteiger charge is 2.47. The minimum atomic E-state index is -0.234. The number of nitrogens with zero attached hydrogens (tertiary/aromatic N) is 3. The van der Waals surface area contributed by atoms with Gasteiger partial charge in [-0.1, -0.05) is 344 Å². The van der Waals surface area contributed by atoms with Crippen LogP contribution in [0.4, 0.5) is 34.1 Å². The molecule has 16 aromatic rings. The number of benzene rings is 15. The predicted molar refractivity (Wildman–Crippen MR) is 473 cm³/mol. The Kier molecular flexibility index (Phi) is 17.0. The maximum absolute atomic E-state index is 2.73. The van der Waals surface area contributed by atoms with Gasteiger partial charge in [0.15, 0.2) is 0 Å². The van der Waals surface area contributed by atoms with Crippen molar-refractivity contribution in [3.63, 3.8) is 0 Å². The molecule has 110 heavy (non-hydrogen) atoms. The van der Waals surface area contributed by atoms with Crippen molar-refractivity contribution in [1.29, 1.82) is 0 Å². The van der Waals surface area contributed by atoms with E-state index in [1.165, 1.54) is 66.1 Å². The van der Waals surface area contributed by atoms with Crippen LogP contribution >= 0.6 is 0 Å². The van der Waals surface area contributed by atoms with Crippen LogP contribution in [0.2, 0.25) is 0 Å². The Morgan fingerprint density at radius 1 is 0.227 bits per heavy atom. The van der Waals surface area contributed by atoms with Crippen molar-refractivity contribution in [2.75, 3.05) is 9.80 Å². The fraction of sp³-hybridized carbons (Fsp3) is 0.151. The van der Waals surface area contributed by atoms with Gasteiger partial charge in [-0.2, -0.15) is 0 Å². The molecule has 0 atom stereocenters. The van der Waals surface area contributed by atoms with Crippen LogP contribution in [-0.2, 0) is 21.7 Å². The molecular weight excluding hydrogens is 1330 g/mol. The van der Waals surface area contributed by atoms with Crippen LogP contribution in [0.25, 0.3) is 117 Å². The number of aromatic nitrogens is 1. The van der Waals surface area contributed by atoms with E-state index >= 15 is 0 Å². The topological polar surface area (TPSA) is 11.4 Å². The number of hydrogen-bond donors (Lipinski definition) is 0. The van der Waals surface area contributed by atoms with E-state index in [1.54, 1.807) is 0 Å². The lowest BCUT2D eigenvalue weighted by atomic mass is 9.33. The minimum absolute atomic E-state index is 0.148. The van der Waals surface area contributed by atoms with E-state index in [1.807, 2.05) is 0 Å². The van der Waals surface area contributed by atoms with E-state index in [0.29, 0.717) is 0 Å². The van der Waals surface area contributed by atoms with Gasteiger partial charge in [0.1, 0.15) is 0 Å². The Morgan fingerprint density at radius 3 is 0.936 bits per heavy atom. The molecule has 1 aromatic heterocycles. The molecule has 534 valence electrons. The van der Waals surface area contributed by atoms with Gasteiger partial charge in [-0.15, -0.1) is 0 Å². The van der Waals surface area contributed by atoms with Crippen LogP contribution in [0, 0.1) is 0 Å². The van der Waals surface area contributed by atoms with Gasteiger partial charge in [0.25, 0.3) is 6.71 Å². The van der Waals surface area contributed by atoms with E-state index in [9.17, 15) is 0 Å². The van der Waals surface area contributed by atoms with Crippen LogP contribution in [0.3, 0.4) is 0 Å². The normalized spacial score (nSPS) is 12.9. The minimum Gasteiger partial charge on any atom is -0.310 e. The Bertz CT molecular complexity index is 5800. The first-order valence-corrected chi connectivity index (χ1v) is 39.2. The molecule has 0 radical (unpaired) electrons. The summed E-state index contributed by atoms with van der Waals surface area (Å²) in [5.74, 6) is 0. The average Bonchev–Trinajstić information content (AvgIpc) is 0.790. The zero-order chi connectivity index (χ0) is 75.5. The van der Waals surface area contributed by atoms with Crippen molar-refractivity contribution < 1.29 is 0 Å². The first-order chi connectivity index (χ1) is 53.1. The number of fused-ring (bicyclic) bond motifs is 7. The third-order valence-corrected chi connectivity index (χ3v) is 23.1. The van der Waals surface area contributed by atoms with Gasteiger partial charge >= 0.3 is 0 Å². The second kappa shape index (κ2) is 26.9. The van der Waals surface area contributed by atoms with Gasteiger partial charge in [-0.3, -0.25) is 0 Å². The first kappa shape index (κ1) is 69.5. The molecule has 15 aromatic carbocycles. The van der Waals surface area contributed by atoms with Gasteiger partial charge < -0.3 is 14.4 Å². The molecular formula is C106H92BN3. The van der Waals surface area contributed by atoms with Gasteiger partial charge in [-0.25, -0.2) is 0 Å². The zero-order valence-electron chi connectivity index (χ0n) is 65.3. The molecule has 0 bridgehead atoms. The van der Waals surface area contributed by atoms with Crippen molar-refractivity contribution in [2.45, 2.75) is 105 Å². The van der Waals surface area contributed by atoms with Gasteiger partial charge in [0, 0.05) is 67.0 Å². The summed E-state index contributed by atoms with van der Waals surface area (Å²) in [6, 6.07) is 130. The first-order valence-electron chi connectivity index (χ1n) is 39.2. The highest BCUT2D eigenvalue weighted by Crippen LogP contribution is 2.56. The molecule has 3 nitrogen and oxygen atoms in total. The predicted octanol–water partition coefficient (Wildman–Crippen LogP) is 27.4. The summed E-state index contributed by atoms with van der Waals surface area (Å²) >= 11 is 0. The number of para-hydroxylation sites is 2. The standard InChI is InChI=1S/C106H92BN3/c1-103(2,3)80-52-54-95-92(67-80)107-93-68-81(104(4,5)6)53-55-96(93)110(101-88(73-44-28-17-29-45-73)60-76(70-38-22-14-23-39-70)61-89(101)74-46-30-18-31-47-74)98-65-78(64-97(99(98)107)109(95)100-86(71-40-24-15-25-41-71)58-75(69-36-20-13-21-37-69)59-87(100)72-42-26-16-27-43-72)77-62-90(79-56-82(105(7,8)9)66-83(57-79)106(10,11)12)102-91(63-77)85-50-34-35-51-94(85)108(102)84-48-32-19-33-49-84/h13-68H,1-12H3. The molecule has 4 heteroatoms. The van der Waals surface area contributed by atoms with E-state index in [2.05, 4.69) is 437 Å². The SMILES string of the molecule is CC(C)(C)c1cc(-c2cc(-c3cc4c5c(c3)N(c3c(-c6ccccc6)cc(-c6ccccc6)cc3-c3ccccc3)c3ccc(C(C)(C)C)cc3B5c3cc(C(C)(C)C)ccc3N4c3c(-c4ccccc4)cc(-c4ccccc4)cc3-c3ccccc3)cc3c4ccccc4n(-c4ccccc4)c23)cc(C(C)(C)C)c1. The summed E-state index contributed by atoms with van der Waals surface area (Å²) in [4.78, 5) is 5.46. The number of anilines is 6. The van der Waals surface area contributed by atoms with E-state index in [4.69, 9.17) is 0 Å². The van der Waals surface area contributed by atoms with Crippen molar-refractivity contribution in [1.82, 2.24) is 4.57 Å². The molecule has 0 fully saturated rings. The fourth-order valence-electron chi connectivity index (χ4n) is 17.3. The van der Waals surface area contributed by atoms with Gasteiger partial charge in [0.2, 0.25) is 0 Å². The lowest BCUT2D eigenvalue weighted by Crippen LogP contribution is -2.61. The molecule has 2 aliphatic rings. The molecule has 2 aliphatic heterocycles. The molecule has 0 amide bonds. The second-order valence-electron chi connectivity index (χ2n) is 34.5. The van der Waals surface area contributed by atoms with Gasteiger partial charge in [0.05, 0.1) is 22.4 Å². The fourth-order valence-corrected chi connectivity index (χ4v) is 17.3. The quantitative estimate of drug-likeness (QED) is 0.120. The van der Waals surface area contributed by atoms with Gasteiger partial charge in [-0.05, 0) is 200 Å². The zero-order valence-corrected chi connectivity index (χ0v) is 65.3. The van der Waals surface area contributed by atoms with E-state index in [-0.39, 0.29) is 28.4 Å². The molecule has 0 aliphatic carbocycles. The maximum atomic E-state index is 2.73. The average molecular weight is 1420 g/mol. The van der Waals surface area contributed by atoms with Crippen molar-refractivity contribution in [2.24, 2.45) is 0 Å². The third-order valence-electron chi connectivity index (χ3n) is 23.1. The van der Waals surface area contributed by atoms with Crippen LogP contribution < -0.4 is 26.2 Å². The lowest BCUT2D eigenvalue weighted by Gasteiger charge is -2.46. The summed E-state index contributed by atoms with van der Waals surface area (Å²) in [5.41, 5.74) is 36.8. The molecule has 18 rings (SSSR count). The molecule has 0 unspecified atom stereocenters. The van der Waals surface area contributed by atoms with Crippen LogP contribution in [0.5, 0.6) is 0 Å². The van der Waals surface area contributed by atoms with Crippen molar-refractivity contribution >= 4 is 79.0 Å². The highest BCUT2D eigenvalue weighted by atomic mass is 15.2. The molecule has 0 spiro atoms. The highest BCUT2D eigenvalue weighted by molar-refractivity contribution is 7.00. The Hall–Kier alpha value is -12.2. The van der Waals surface area contributed by atoms with E-state index < -0.39 is 0 Å². The molecule has 0 saturated carbocycles. The van der Waals surface area contributed by atoms with E-state index in [0.717, 1.165) is 123 Å². The molecule has 3 heterocycles. The van der Waals surface area contributed by atoms with Crippen LogP contribution in [-0.4, -0.2) is 11.3 Å². The summed E-state index contributed by atoms with van der Waals surface area (Å²) in [6.45, 7) is 28.2. The summed E-state index contributed by atoms with van der Waals surface area (Å²) < 4.78 is 2.53. The Balaban J connectivity index is 1.07. The maximum Gasteiger partial charge on any atom is 0.252 e. The summed E-state index contributed by atoms with van der Waals surface area (Å²) in [6.07, 6.45) is 0.